The Morgan fingerprint density at radius 2 is 1.79 bits per heavy atom. The fraction of sp³-hybridized carbons (Fsp3) is 0.450. The molecule has 24 heavy (non-hydrogen) atoms. The molecule has 1 aromatic carbocycles. The molecule has 0 N–H and O–H groups in total. The largest absolute Gasteiger partial charge is 0.348 e. The van der Waals surface area contributed by atoms with Crippen molar-refractivity contribution in [3.63, 3.8) is 0 Å². The van der Waals surface area contributed by atoms with Crippen molar-refractivity contribution < 1.29 is 4.79 Å². The van der Waals surface area contributed by atoms with Crippen molar-refractivity contribution in [1.29, 1.82) is 0 Å². The zero-order valence-corrected chi connectivity index (χ0v) is 14.3. The monoisotopic (exact) mass is 323 g/mol. The molecule has 2 aromatic rings. The number of carbonyl (C=O) groups excluding carboxylic acids is 1. The van der Waals surface area contributed by atoms with Crippen molar-refractivity contribution in [2.75, 3.05) is 26.2 Å². The molecule has 1 saturated heterocycles. The summed E-state index contributed by atoms with van der Waals surface area (Å²) in [6.45, 7) is 6.36. The second-order valence-electron chi connectivity index (χ2n) is 7.00. The van der Waals surface area contributed by atoms with Crippen molar-refractivity contribution in [2.24, 2.45) is 0 Å². The average Bonchev–Trinajstić information content (AvgIpc) is 3.27. The van der Waals surface area contributed by atoms with Gasteiger partial charge in [0, 0.05) is 38.1 Å². The predicted molar refractivity (Wildman–Crippen MR) is 94.8 cm³/mol. The molecule has 1 amide bonds. The number of amides is 1. The first-order chi connectivity index (χ1) is 11.7. The summed E-state index contributed by atoms with van der Waals surface area (Å²) in [5.41, 5.74) is 3.83. The van der Waals surface area contributed by atoms with Crippen molar-refractivity contribution >= 4 is 5.91 Å². The van der Waals surface area contributed by atoms with E-state index in [0.717, 1.165) is 39.0 Å². The van der Waals surface area contributed by atoms with Gasteiger partial charge in [0.2, 0.25) is 5.91 Å². The Hall–Kier alpha value is -2.07. The van der Waals surface area contributed by atoms with E-state index >= 15 is 0 Å². The molecule has 1 fully saturated rings. The van der Waals surface area contributed by atoms with Crippen LogP contribution in [0.25, 0.3) is 0 Å². The van der Waals surface area contributed by atoms with Gasteiger partial charge in [-0.3, -0.25) is 9.69 Å². The number of carbonyl (C=O) groups is 1. The number of aromatic nitrogens is 1. The van der Waals surface area contributed by atoms with Gasteiger partial charge in [0.1, 0.15) is 0 Å². The Morgan fingerprint density at radius 1 is 1.04 bits per heavy atom. The van der Waals surface area contributed by atoms with Gasteiger partial charge in [0.25, 0.3) is 0 Å². The van der Waals surface area contributed by atoms with Crippen LogP contribution in [-0.4, -0.2) is 46.5 Å². The van der Waals surface area contributed by atoms with Crippen LogP contribution >= 0.6 is 0 Å². The van der Waals surface area contributed by atoms with Crippen LogP contribution in [0, 0.1) is 6.92 Å². The summed E-state index contributed by atoms with van der Waals surface area (Å²) in [7, 11) is 0. The first-order valence-corrected chi connectivity index (χ1v) is 8.96. The van der Waals surface area contributed by atoms with Gasteiger partial charge < -0.3 is 9.47 Å². The molecule has 2 aliphatic heterocycles. The lowest BCUT2D eigenvalue weighted by molar-refractivity contribution is -0.132. The Bertz CT molecular complexity index is 713. The van der Waals surface area contributed by atoms with Crippen LogP contribution in [0.2, 0.25) is 0 Å². The molecule has 4 heteroatoms. The normalized spacial score (nSPS) is 21.0. The molecule has 0 spiro atoms. The highest BCUT2D eigenvalue weighted by Gasteiger charge is 2.31. The predicted octanol–water partition coefficient (Wildman–Crippen LogP) is 2.82. The summed E-state index contributed by atoms with van der Waals surface area (Å²) in [6, 6.07) is 13.2. The van der Waals surface area contributed by atoms with Crippen molar-refractivity contribution in [3.8, 4) is 0 Å². The maximum absolute atomic E-state index is 12.7. The summed E-state index contributed by atoms with van der Waals surface area (Å²) < 4.78 is 2.32. The van der Waals surface area contributed by atoms with Gasteiger partial charge in [-0.1, -0.05) is 29.8 Å². The first-order valence-electron chi connectivity index (χ1n) is 8.96. The third-order valence-corrected chi connectivity index (χ3v) is 5.33. The summed E-state index contributed by atoms with van der Waals surface area (Å²) in [4.78, 5) is 17.0. The SMILES string of the molecule is Cc1ccc(C2c3cccn3CCN2CC(=O)N2CCCC2)cc1. The van der Waals surface area contributed by atoms with Gasteiger partial charge in [0.15, 0.2) is 0 Å². The Labute approximate surface area is 143 Å². The molecular weight excluding hydrogens is 298 g/mol. The number of fused-ring (bicyclic) bond motifs is 1. The smallest absolute Gasteiger partial charge is 0.236 e. The van der Waals surface area contributed by atoms with Gasteiger partial charge in [-0.15, -0.1) is 0 Å². The lowest BCUT2D eigenvalue weighted by Gasteiger charge is -2.37. The molecular formula is C20H25N3O. The summed E-state index contributed by atoms with van der Waals surface area (Å²) in [5.74, 6) is 0.282. The third-order valence-electron chi connectivity index (χ3n) is 5.33. The maximum atomic E-state index is 12.7. The number of benzene rings is 1. The summed E-state index contributed by atoms with van der Waals surface area (Å²) >= 11 is 0. The van der Waals surface area contributed by atoms with Crippen LogP contribution in [0.15, 0.2) is 42.6 Å². The quantitative estimate of drug-likeness (QED) is 0.869. The Morgan fingerprint density at radius 3 is 2.54 bits per heavy atom. The van der Waals surface area contributed by atoms with E-state index in [2.05, 4.69) is 59.0 Å². The van der Waals surface area contributed by atoms with E-state index in [1.165, 1.54) is 16.8 Å². The van der Waals surface area contributed by atoms with Crippen LogP contribution < -0.4 is 0 Å². The fourth-order valence-corrected chi connectivity index (χ4v) is 3.97. The number of likely N-dealkylation sites (tertiary alicyclic amines) is 1. The fourth-order valence-electron chi connectivity index (χ4n) is 3.97. The van der Waals surface area contributed by atoms with E-state index in [1.54, 1.807) is 0 Å². The van der Waals surface area contributed by atoms with Gasteiger partial charge in [0.05, 0.1) is 12.6 Å². The van der Waals surface area contributed by atoms with Gasteiger partial charge >= 0.3 is 0 Å². The molecule has 1 unspecified atom stereocenters. The summed E-state index contributed by atoms with van der Waals surface area (Å²) in [5, 5.41) is 0. The lowest BCUT2D eigenvalue weighted by Crippen LogP contribution is -2.45. The lowest BCUT2D eigenvalue weighted by atomic mass is 9.99. The number of aryl methyl sites for hydroxylation is 1. The second kappa shape index (κ2) is 6.44. The van der Waals surface area contributed by atoms with Crippen LogP contribution in [-0.2, 0) is 11.3 Å². The Kier molecular flexibility index (Phi) is 4.15. The molecule has 1 aromatic heterocycles. The molecule has 0 radical (unpaired) electrons. The molecule has 4 nitrogen and oxygen atoms in total. The Balaban J connectivity index is 1.62. The maximum Gasteiger partial charge on any atom is 0.236 e. The van der Waals surface area contributed by atoms with Gasteiger partial charge in [-0.2, -0.15) is 0 Å². The molecule has 1 atom stereocenters. The number of hydrogen-bond donors (Lipinski definition) is 0. The highest BCUT2D eigenvalue weighted by molar-refractivity contribution is 5.78. The number of hydrogen-bond acceptors (Lipinski definition) is 2. The van der Waals surface area contributed by atoms with Crippen LogP contribution in [0.1, 0.15) is 35.7 Å². The van der Waals surface area contributed by atoms with Crippen LogP contribution in [0.3, 0.4) is 0 Å². The zero-order chi connectivity index (χ0) is 16.5. The van der Waals surface area contributed by atoms with Crippen LogP contribution in [0.4, 0.5) is 0 Å². The van der Waals surface area contributed by atoms with E-state index in [4.69, 9.17) is 0 Å². The van der Waals surface area contributed by atoms with E-state index in [0.29, 0.717) is 6.54 Å². The minimum Gasteiger partial charge on any atom is -0.348 e. The number of nitrogens with zero attached hydrogens (tertiary/aromatic N) is 3. The average molecular weight is 323 g/mol. The number of rotatable bonds is 3. The van der Waals surface area contributed by atoms with Crippen LogP contribution in [0.5, 0.6) is 0 Å². The third kappa shape index (κ3) is 2.86. The molecule has 126 valence electrons. The van der Waals surface area contributed by atoms with E-state index in [9.17, 15) is 4.79 Å². The van der Waals surface area contributed by atoms with Crippen molar-refractivity contribution in [1.82, 2.24) is 14.4 Å². The molecule has 0 aliphatic carbocycles. The highest BCUT2D eigenvalue weighted by atomic mass is 16.2. The van der Waals surface area contributed by atoms with E-state index < -0.39 is 0 Å². The molecule has 3 heterocycles. The van der Waals surface area contributed by atoms with Crippen molar-refractivity contribution in [3.05, 3.63) is 59.4 Å². The van der Waals surface area contributed by atoms with Crippen molar-refractivity contribution in [2.45, 2.75) is 32.4 Å². The topological polar surface area (TPSA) is 28.5 Å². The minimum atomic E-state index is 0.168. The van der Waals surface area contributed by atoms with Gasteiger partial charge in [-0.25, -0.2) is 0 Å². The van der Waals surface area contributed by atoms with E-state index in [1.807, 2.05) is 4.90 Å². The van der Waals surface area contributed by atoms with E-state index in [-0.39, 0.29) is 11.9 Å². The molecule has 4 rings (SSSR count). The van der Waals surface area contributed by atoms with Gasteiger partial charge in [-0.05, 0) is 37.5 Å². The molecule has 2 aliphatic rings. The highest BCUT2D eigenvalue weighted by Crippen LogP contribution is 2.32. The standard InChI is InChI=1S/C20H25N3O/c1-16-6-8-17(9-7-16)20-18-5-4-12-21(18)13-14-23(20)15-19(24)22-10-2-3-11-22/h4-9,12,20H,2-3,10-11,13-15H2,1H3. The first kappa shape index (κ1) is 15.5. The minimum absolute atomic E-state index is 0.168. The second-order valence-corrected chi connectivity index (χ2v) is 7.00. The zero-order valence-electron chi connectivity index (χ0n) is 14.3. The summed E-state index contributed by atoms with van der Waals surface area (Å²) in [6.07, 6.45) is 4.45. The molecule has 0 saturated carbocycles. The molecule has 0 bridgehead atoms.